The lowest BCUT2D eigenvalue weighted by molar-refractivity contribution is 0.782. The number of aryl methyl sites for hydroxylation is 1. The Hall–Kier alpha value is -1.64. The molecule has 2 aromatic rings. The van der Waals surface area contributed by atoms with Crippen molar-refractivity contribution in [3.05, 3.63) is 42.0 Å². The van der Waals surface area contributed by atoms with Gasteiger partial charge in [0, 0.05) is 25.8 Å². The van der Waals surface area contributed by atoms with E-state index < -0.39 is 0 Å². The van der Waals surface area contributed by atoms with Crippen molar-refractivity contribution in [2.24, 2.45) is 12.0 Å². The molecule has 0 amide bonds. The van der Waals surface area contributed by atoms with E-state index in [0.717, 1.165) is 31.3 Å². The van der Waals surface area contributed by atoms with Crippen molar-refractivity contribution in [2.75, 3.05) is 18.0 Å². The van der Waals surface area contributed by atoms with Gasteiger partial charge < -0.3 is 14.8 Å². The molecule has 22 heavy (non-hydrogen) atoms. The van der Waals surface area contributed by atoms with Gasteiger partial charge in [-0.15, -0.1) is 34.2 Å². The monoisotopic (exact) mass is 412 g/mol. The number of guanidine groups is 1. The predicted molar refractivity (Wildman–Crippen MR) is 98.7 cm³/mol. The molecule has 1 aliphatic heterocycles. The van der Waals surface area contributed by atoms with Gasteiger partial charge in [-0.25, -0.2) is 4.99 Å². The van der Waals surface area contributed by atoms with Crippen LogP contribution in [0.1, 0.15) is 18.3 Å². The highest BCUT2D eigenvalue weighted by Gasteiger charge is 2.22. The molecule has 0 saturated heterocycles. The third-order valence-corrected chi connectivity index (χ3v) is 3.65. The van der Waals surface area contributed by atoms with Crippen LogP contribution in [0.4, 0.5) is 5.69 Å². The zero-order chi connectivity index (χ0) is 14.7. The van der Waals surface area contributed by atoms with Crippen LogP contribution < -0.4 is 10.2 Å². The number of rotatable bonds is 3. The number of aliphatic imine (C=N–C) groups is 1. The zero-order valence-corrected chi connectivity index (χ0v) is 15.2. The number of benzene rings is 1. The van der Waals surface area contributed by atoms with Gasteiger partial charge in [-0.05, 0) is 25.0 Å². The summed E-state index contributed by atoms with van der Waals surface area (Å²) in [6, 6.07) is 8.49. The number of aromatic nitrogens is 3. The summed E-state index contributed by atoms with van der Waals surface area (Å²) >= 11 is 0. The second kappa shape index (κ2) is 7.57. The minimum Gasteiger partial charge on any atom is -0.356 e. The summed E-state index contributed by atoms with van der Waals surface area (Å²) in [5.74, 6) is 1.77. The molecule has 0 aliphatic carbocycles. The fourth-order valence-electron chi connectivity index (χ4n) is 2.55. The SMILES string of the molecule is CCNC(=NCc1nncn1C)N1CCc2ccccc21.I. The summed E-state index contributed by atoms with van der Waals surface area (Å²) in [4.78, 5) is 6.95. The molecule has 6 nitrogen and oxygen atoms in total. The van der Waals surface area contributed by atoms with E-state index in [4.69, 9.17) is 4.99 Å². The number of hydrogen-bond donors (Lipinski definition) is 1. The summed E-state index contributed by atoms with van der Waals surface area (Å²) < 4.78 is 1.89. The molecule has 0 saturated carbocycles. The molecule has 0 radical (unpaired) electrons. The molecule has 2 heterocycles. The Labute approximate surface area is 147 Å². The van der Waals surface area contributed by atoms with Crippen molar-refractivity contribution in [1.29, 1.82) is 0 Å². The second-order valence-corrected chi connectivity index (χ2v) is 5.06. The van der Waals surface area contributed by atoms with E-state index in [9.17, 15) is 0 Å². The smallest absolute Gasteiger partial charge is 0.198 e. The number of halogens is 1. The van der Waals surface area contributed by atoms with Crippen LogP contribution in [0.25, 0.3) is 0 Å². The fourth-order valence-corrected chi connectivity index (χ4v) is 2.55. The number of anilines is 1. The molecule has 0 unspecified atom stereocenters. The lowest BCUT2D eigenvalue weighted by atomic mass is 10.2. The molecule has 0 spiro atoms. The third kappa shape index (κ3) is 3.40. The summed E-state index contributed by atoms with van der Waals surface area (Å²) in [6.45, 7) is 4.41. The minimum absolute atomic E-state index is 0. The molecule has 0 atom stereocenters. The van der Waals surface area contributed by atoms with Gasteiger partial charge in [0.2, 0.25) is 0 Å². The van der Waals surface area contributed by atoms with E-state index in [1.54, 1.807) is 6.33 Å². The molecule has 3 rings (SSSR count). The first-order valence-electron chi connectivity index (χ1n) is 7.26. The Balaban J connectivity index is 0.00000176. The molecule has 118 valence electrons. The summed E-state index contributed by atoms with van der Waals surface area (Å²) in [5.41, 5.74) is 2.62. The number of nitrogens with one attached hydrogen (secondary N) is 1. The molecule has 1 aromatic heterocycles. The van der Waals surface area contributed by atoms with E-state index in [1.807, 2.05) is 11.6 Å². The molecule has 7 heteroatoms. The second-order valence-electron chi connectivity index (χ2n) is 5.06. The van der Waals surface area contributed by atoms with Gasteiger partial charge >= 0.3 is 0 Å². The average molecular weight is 412 g/mol. The van der Waals surface area contributed by atoms with E-state index >= 15 is 0 Å². The Morgan fingerprint density at radius 3 is 2.91 bits per heavy atom. The molecule has 1 aliphatic rings. The van der Waals surface area contributed by atoms with Crippen molar-refractivity contribution >= 4 is 35.6 Å². The molecule has 0 fully saturated rings. The number of fused-ring (bicyclic) bond motifs is 1. The van der Waals surface area contributed by atoms with Crippen LogP contribution >= 0.6 is 24.0 Å². The van der Waals surface area contributed by atoms with Gasteiger partial charge in [-0.1, -0.05) is 18.2 Å². The van der Waals surface area contributed by atoms with Gasteiger partial charge in [0.15, 0.2) is 11.8 Å². The fraction of sp³-hybridized carbons (Fsp3) is 0.400. The van der Waals surface area contributed by atoms with Gasteiger partial charge in [0.05, 0.1) is 0 Å². The Morgan fingerprint density at radius 2 is 2.18 bits per heavy atom. The molecular formula is C15H21IN6. The summed E-state index contributed by atoms with van der Waals surface area (Å²) in [7, 11) is 1.93. The molecule has 0 bridgehead atoms. The van der Waals surface area contributed by atoms with Crippen LogP contribution in [0.3, 0.4) is 0 Å². The van der Waals surface area contributed by atoms with Crippen LogP contribution in [0.5, 0.6) is 0 Å². The van der Waals surface area contributed by atoms with Crippen LogP contribution in [-0.2, 0) is 20.0 Å². The predicted octanol–water partition coefficient (Wildman–Crippen LogP) is 1.96. The van der Waals surface area contributed by atoms with Crippen LogP contribution in [0.15, 0.2) is 35.6 Å². The van der Waals surface area contributed by atoms with Crippen molar-refractivity contribution in [3.63, 3.8) is 0 Å². The topological polar surface area (TPSA) is 58.3 Å². The Bertz CT molecular complexity index is 651. The van der Waals surface area contributed by atoms with Crippen molar-refractivity contribution in [3.8, 4) is 0 Å². The first kappa shape index (κ1) is 16.7. The van der Waals surface area contributed by atoms with Gasteiger partial charge in [-0.2, -0.15) is 0 Å². The number of hydrogen-bond acceptors (Lipinski definition) is 3. The largest absolute Gasteiger partial charge is 0.356 e. The maximum Gasteiger partial charge on any atom is 0.198 e. The van der Waals surface area contributed by atoms with E-state index in [2.05, 4.69) is 51.6 Å². The van der Waals surface area contributed by atoms with Gasteiger partial charge in [0.1, 0.15) is 12.9 Å². The highest BCUT2D eigenvalue weighted by atomic mass is 127. The first-order valence-corrected chi connectivity index (χ1v) is 7.26. The average Bonchev–Trinajstić information content (AvgIpc) is 3.10. The van der Waals surface area contributed by atoms with Crippen LogP contribution in [0, 0.1) is 0 Å². The standard InChI is InChI=1S/C15H20N6.HI/c1-3-16-15(17-10-14-19-18-11-20(14)2)21-9-8-12-6-4-5-7-13(12)21;/h4-7,11H,3,8-10H2,1-2H3,(H,16,17);1H. The lowest BCUT2D eigenvalue weighted by Gasteiger charge is -2.22. The van der Waals surface area contributed by atoms with Crippen LogP contribution in [0.2, 0.25) is 0 Å². The summed E-state index contributed by atoms with van der Waals surface area (Å²) in [6.07, 6.45) is 2.76. The van der Waals surface area contributed by atoms with E-state index in [1.165, 1.54) is 11.3 Å². The number of nitrogens with zero attached hydrogens (tertiary/aromatic N) is 5. The quantitative estimate of drug-likeness (QED) is 0.476. The number of para-hydroxylation sites is 1. The maximum absolute atomic E-state index is 4.71. The Kier molecular flexibility index (Phi) is 5.76. The maximum atomic E-state index is 4.71. The molecule has 1 aromatic carbocycles. The van der Waals surface area contributed by atoms with Crippen LogP contribution in [-0.4, -0.2) is 33.8 Å². The van der Waals surface area contributed by atoms with Gasteiger partial charge in [0.25, 0.3) is 0 Å². The minimum atomic E-state index is 0. The van der Waals surface area contributed by atoms with Crippen molar-refractivity contribution in [1.82, 2.24) is 20.1 Å². The zero-order valence-electron chi connectivity index (χ0n) is 12.9. The molecule has 1 N–H and O–H groups in total. The Morgan fingerprint density at radius 1 is 1.36 bits per heavy atom. The normalized spacial score (nSPS) is 13.7. The highest BCUT2D eigenvalue weighted by molar-refractivity contribution is 14.0. The molecular weight excluding hydrogens is 391 g/mol. The first-order chi connectivity index (χ1) is 10.3. The summed E-state index contributed by atoms with van der Waals surface area (Å²) in [5, 5.41) is 11.3. The van der Waals surface area contributed by atoms with Crippen molar-refractivity contribution in [2.45, 2.75) is 19.9 Å². The highest BCUT2D eigenvalue weighted by Crippen LogP contribution is 2.27. The third-order valence-electron chi connectivity index (χ3n) is 3.65. The van der Waals surface area contributed by atoms with Gasteiger partial charge in [-0.3, -0.25) is 0 Å². The van der Waals surface area contributed by atoms with Crippen molar-refractivity contribution < 1.29 is 0 Å². The van der Waals surface area contributed by atoms with E-state index in [0.29, 0.717) is 6.54 Å². The lowest BCUT2D eigenvalue weighted by Crippen LogP contribution is -2.40. The van der Waals surface area contributed by atoms with E-state index in [-0.39, 0.29) is 24.0 Å².